The SMILES string of the molecule is Cn1c(=O)n(CC(=O)NCC(=O)O)c(=O)c2ccccc21. The number of nitrogens with zero attached hydrogens (tertiary/aromatic N) is 2. The predicted molar refractivity (Wildman–Crippen MR) is 74.1 cm³/mol. The molecule has 1 aromatic carbocycles. The molecule has 0 fully saturated rings. The van der Waals surface area contributed by atoms with Crippen molar-refractivity contribution in [2.75, 3.05) is 6.54 Å². The molecule has 0 radical (unpaired) electrons. The van der Waals surface area contributed by atoms with E-state index in [1.54, 1.807) is 24.3 Å². The maximum Gasteiger partial charge on any atom is 0.331 e. The maximum atomic E-state index is 12.2. The summed E-state index contributed by atoms with van der Waals surface area (Å²) in [6.07, 6.45) is 0. The summed E-state index contributed by atoms with van der Waals surface area (Å²) in [6.45, 7) is -1.09. The Morgan fingerprint density at radius 1 is 1.24 bits per heavy atom. The van der Waals surface area contributed by atoms with Gasteiger partial charge in [-0.15, -0.1) is 0 Å². The third kappa shape index (κ3) is 2.83. The highest BCUT2D eigenvalue weighted by atomic mass is 16.4. The number of amides is 1. The van der Waals surface area contributed by atoms with Crippen LogP contribution in [0.5, 0.6) is 0 Å². The quantitative estimate of drug-likeness (QED) is 0.743. The highest BCUT2D eigenvalue weighted by Gasteiger charge is 2.13. The number of carbonyl (C=O) groups excluding carboxylic acids is 1. The topological polar surface area (TPSA) is 110 Å². The summed E-state index contributed by atoms with van der Waals surface area (Å²) in [5, 5.41) is 10.9. The number of carboxylic acids is 1. The fourth-order valence-electron chi connectivity index (χ4n) is 1.98. The number of hydrogen-bond donors (Lipinski definition) is 2. The van der Waals surface area contributed by atoms with E-state index in [2.05, 4.69) is 5.32 Å². The lowest BCUT2D eigenvalue weighted by Gasteiger charge is -2.10. The fraction of sp³-hybridized carbons (Fsp3) is 0.231. The number of carboxylic acid groups (broad SMARTS) is 1. The number of aliphatic carboxylic acids is 1. The molecule has 2 rings (SSSR count). The molecule has 0 unspecified atom stereocenters. The second-order valence-corrected chi connectivity index (χ2v) is 4.42. The molecule has 0 saturated carbocycles. The number of hydrogen-bond acceptors (Lipinski definition) is 4. The van der Waals surface area contributed by atoms with Gasteiger partial charge in [0.25, 0.3) is 5.56 Å². The number of fused-ring (bicyclic) bond motifs is 1. The smallest absolute Gasteiger partial charge is 0.331 e. The van der Waals surface area contributed by atoms with E-state index in [9.17, 15) is 19.2 Å². The van der Waals surface area contributed by atoms with Crippen molar-refractivity contribution in [3.05, 3.63) is 45.1 Å². The van der Waals surface area contributed by atoms with Crippen LogP contribution in [0.15, 0.2) is 33.9 Å². The molecule has 1 amide bonds. The average molecular weight is 291 g/mol. The van der Waals surface area contributed by atoms with E-state index in [1.807, 2.05) is 0 Å². The van der Waals surface area contributed by atoms with E-state index in [4.69, 9.17) is 5.11 Å². The molecular weight excluding hydrogens is 278 g/mol. The van der Waals surface area contributed by atoms with E-state index >= 15 is 0 Å². The van der Waals surface area contributed by atoms with Gasteiger partial charge in [-0.05, 0) is 12.1 Å². The largest absolute Gasteiger partial charge is 0.480 e. The lowest BCUT2D eigenvalue weighted by molar-refractivity contribution is -0.138. The molecule has 0 bridgehead atoms. The van der Waals surface area contributed by atoms with Crippen LogP contribution in [-0.2, 0) is 23.2 Å². The molecule has 0 aliphatic carbocycles. The van der Waals surface area contributed by atoms with Gasteiger partial charge in [-0.2, -0.15) is 0 Å². The molecule has 1 heterocycles. The molecular formula is C13H13N3O5. The number of aryl methyl sites for hydroxylation is 1. The summed E-state index contributed by atoms with van der Waals surface area (Å²) in [5.74, 6) is -1.92. The third-order valence-corrected chi connectivity index (χ3v) is 3.00. The van der Waals surface area contributed by atoms with Gasteiger partial charge in [0.2, 0.25) is 5.91 Å². The normalized spacial score (nSPS) is 10.5. The van der Waals surface area contributed by atoms with Crippen LogP contribution in [0, 0.1) is 0 Å². The minimum Gasteiger partial charge on any atom is -0.480 e. The number of aromatic nitrogens is 2. The molecule has 0 aliphatic rings. The van der Waals surface area contributed by atoms with Crippen LogP contribution in [0.25, 0.3) is 10.9 Å². The molecule has 1 aromatic heterocycles. The molecule has 110 valence electrons. The van der Waals surface area contributed by atoms with Crippen LogP contribution >= 0.6 is 0 Å². The molecule has 8 nitrogen and oxygen atoms in total. The van der Waals surface area contributed by atoms with Gasteiger partial charge in [0, 0.05) is 7.05 Å². The van der Waals surface area contributed by atoms with Crippen molar-refractivity contribution in [2.24, 2.45) is 7.05 Å². The monoisotopic (exact) mass is 291 g/mol. The van der Waals surface area contributed by atoms with Crippen molar-refractivity contribution in [2.45, 2.75) is 6.54 Å². The third-order valence-electron chi connectivity index (χ3n) is 3.00. The maximum absolute atomic E-state index is 12.2. The minimum absolute atomic E-state index is 0.311. The average Bonchev–Trinajstić information content (AvgIpc) is 2.47. The number of rotatable bonds is 4. The lowest BCUT2D eigenvalue weighted by Crippen LogP contribution is -2.43. The predicted octanol–water partition coefficient (Wildman–Crippen LogP) is -1.10. The second-order valence-electron chi connectivity index (χ2n) is 4.42. The van der Waals surface area contributed by atoms with Crippen molar-refractivity contribution in [1.29, 1.82) is 0 Å². The van der Waals surface area contributed by atoms with Crippen LogP contribution in [0.4, 0.5) is 0 Å². The van der Waals surface area contributed by atoms with Crippen LogP contribution in [0.3, 0.4) is 0 Å². The lowest BCUT2D eigenvalue weighted by atomic mass is 10.2. The van der Waals surface area contributed by atoms with Gasteiger partial charge in [0.1, 0.15) is 13.1 Å². The van der Waals surface area contributed by atoms with Gasteiger partial charge < -0.3 is 10.4 Å². The Morgan fingerprint density at radius 2 is 1.90 bits per heavy atom. The van der Waals surface area contributed by atoms with Gasteiger partial charge in [0.15, 0.2) is 0 Å². The first-order chi connectivity index (χ1) is 9.91. The summed E-state index contributed by atoms with van der Waals surface area (Å²) in [6, 6.07) is 6.55. The Bertz CT molecular complexity index is 834. The van der Waals surface area contributed by atoms with Crippen LogP contribution in [-0.4, -0.2) is 32.7 Å². The van der Waals surface area contributed by atoms with Crippen molar-refractivity contribution >= 4 is 22.8 Å². The minimum atomic E-state index is -1.21. The molecule has 0 saturated heterocycles. The van der Waals surface area contributed by atoms with Crippen molar-refractivity contribution in [1.82, 2.24) is 14.5 Å². The number of para-hydroxylation sites is 1. The number of nitrogens with one attached hydrogen (secondary N) is 1. The summed E-state index contributed by atoms with van der Waals surface area (Å²) in [5.41, 5.74) is -0.752. The van der Waals surface area contributed by atoms with Gasteiger partial charge in [-0.3, -0.25) is 23.5 Å². The molecule has 0 aliphatic heterocycles. The highest BCUT2D eigenvalue weighted by molar-refractivity contribution is 5.82. The first kappa shape index (κ1) is 14.5. The highest BCUT2D eigenvalue weighted by Crippen LogP contribution is 2.05. The Kier molecular flexibility index (Phi) is 3.88. The first-order valence-electron chi connectivity index (χ1n) is 6.09. The summed E-state index contributed by atoms with van der Waals surface area (Å²) in [7, 11) is 1.50. The zero-order valence-electron chi connectivity index (χ0n) is 11.2. The molecule has 0 spiro atoms. The van der Waals surface area contributed by atoms with Gasteiger partial charge in [-0.25, -0.2) is 4.79 Å². The van der Waals surface area contributed by atoms with E-state index in [0.29, 0.717) is 10.9 Å². The van der Waals surface area contributed by atoms with E-state index in [0.717, 1.165) is 4.57 Å². The molecule has 0 atom stereocenters. The first-order valence-corrected chi connectivity index (χ1v) is 6.09. The number of benzene rings is 1. The van der Waals surface area contributed by atoms with Gasteiger partial charge >= 0.3 is 11.7 Å². The Labute approximate surface area is 118 Å². The van der Waals surface area contributed by atoms with Gasteiger partial charge in [-0.1, -0.05) is 12.1 Å². The Hall–Kier alpha value is -2.90. The fourth-order valence-corrected chi connectivity index (χ4v) is 1.98. The van der Waals surface area contributed by atoms with Crippen LogP contribution in [0.2, 0.25) is 0 Å². The Morgan fingerprint density at radius 3 is 2.57 bits per heavy atom. The molecule has 8 heteroatoms. The van der Waals surface area contributed by atoms with E-state index in [1.165, 1.54) is 11.6 Å². The second kappa shape index (κ2) is 5.61. The van der Waals surface area contributed by atoms with Crippen molar-refractivity contribution in [3.63, 3.8) is 0 Å². The Balaban J connectivity index is 2.45. The summed E-state index contributed by atoms with van der Waals surface area (Å²) >= 11 is 0. The molecule has 2 aromatic rings. The van der Waals surface area contributed by atoms with Crippen LogP contribution in [0.1, 0.15) is 0 Å². The van der Waals surface area contributed by atoms with E-state index in [-0.39, 0.29) is 0 Å². The number of carbonyl (C=O) groups is 2. The molecule has 21 heavy (non-hydrogen) atoms. The summed E-state index contributed by atoms with van der Waals surface area (Å²) in [4.78, 5) is 46.3. The van der Waals surface area contributed by atoms with Crippen LogP contribution < -0.4 is 16.6 Å². The zero-order valence-corrected chi connectivity index (χ0v) is 11.2. The standard InChI is InChI=1S/C13H13N3O5/c1-15-9-5-3-2-4-8(9)12(20)16(13(15)21)7-10(17)14-6-11(18)19/h2-5H,6-7H2,1H3,(H,14,17)(H,18,19). The van der Waals surface area contributed by atoms with Crippen molar-refractivity contribution < 1.29 is 14.7 Å². The van der Waals surface area contributed by atoms with Gasteiger partial charge in [0.05, 0.1) is 10.9 Å². The molecule has 2 N–H and O–H groups in total. The van der Waals surface area contributed by atoms with E-state index < -0.39 is 36.2 Å². The zero-order chi connectivity index (χ0) is 15.6. The summed E-state index contributed by atoms with van der Waals surface area (Å²) < 4.78 is 2.04. The van der Waals surface area contributed by atoms with Crippen molar-refractivity contribution in [3.8, 4) is 0 Å².